The zero-order chi connectivity index (χ0) is 13.5. The van der Waals surface area contributed by atoms with E-state index in [1.54, 1.807) is 0 Å². The van der Waals surface area contributed by atoms with Crippen LogP contribution in [0, 0.1) is 10.1 Å². The molecule has 0 saturated heterocycles. The van der Waals surface area contributed by atoms with Crippen molar-refractivity contribution in [2.24, 2.45) is 5.73 Å². The average Bonchev–Trinajstić information content (AvgIpc) is 2.28. The molecule has 8 nitrogen and oxygen atoms in total. The number of carbonyl (C=O) groups is 2. The summed E-state index contributed by atoms with van der Waals surface area (Å²) in [6, 6.07) is -0.00280. The van der Waals surface area contributed by atoms with Crippen LogP contribution in [0.3, 0.4) is 0 Å². The van der Waals surface area contributed by atoms with Crippen LogP contribution in [0.5, 0.6) is 0 Å². The number of primary amides is 1. The standard InChI is InChI=1S/C10H17N3O5/c11-9(14)5-6-10(15)12-7-1-3-8(4-2-7)18-13(16)17/h7-8H,1-6H2,(H2,11,14)(H,12,15). The molecular weight excluding hydrogens is 242 g/mol. The quantitative estimate of drug-likeness (QED) is 0.508. The molecule has 0 radical (unpaired) electrons. The number of nitrogens with two attached hydrogens (primary N) is 1. The van der Waals surface area contributed by atoms with Crippen molar-refractivity contribution in [1.82, 2.24) is 5.32 Å². The molecule has 102 valence electrons. The summed E-state index contributed by atoms with van der Waals surface area (Å²) in [7, 11) is 0. The van der Waals surface area contributed by atoms with E-state index in [-0.39, 0.29) is 30.9 Å². The first kappa shape index (κ1) is 14.2. The monoisotopic (exact) mass is 259 g/mol. The van der Waals surface area contributed by atoms with E-state index in [0.29, 0.717) is 25.7 Å². The number of hydrogen-bond donors (Lipinski definition) is 2. The minimum Gasteiger partial charge on any atom is -0.370 e. The molecule has 0 aromatic rings. The third-order valence-electron chi connectivity index (χ3n) is 2.87. The smallest absolute Gasteiger partial charge is 0.294 e. The Kier molecular flexibility index (Phi) is 5.34. The molecule has 0 aromatic carbocycles. The predicted octanol–water partition coefficient (Wildman–Crippen LogP) is -0.112. The highest BCUT2D eigenvalue weighted by molar-refractivity contribution is 5.82. The van der Waals surface area contributed by atoms with Crippen LogP contribution in [0.2, 0.25) is 0 Å². The largest absolute Gasteiger partial charge is 0.370 e. The van der Waals surface area contributed by atoms with Gasteiger partial charge in [0.2, 0.25) is 11.8 Å². The van der Waals surface area contributed by atoms with Crippen LogP contribution in [-0.4, -0.2) is 29.0 Å². The molecule has 0 atom stereocenters. The average molecular weight is 259 g/mol. The van der Waals surface area contributed by atoms with Crippen LogP contribution in [0.15, 0.2) is 0 Å². The Bertz CT molecular complexity index is 325. The van der Waals surface area contributed by atoms with Crippen molar-refractivity contribution in [3.8, 4) is 0 Å². The van der Waals surface area contributed by atoms with Crippen molar-refractivity contribution in [1.29, 1.82) is 0 Å². The van der Waals surface area contributed by atoms with Gasteiger partial charge < -0.3 is 15.9 Å². The summed E-state index contributed by atoms with van der Waals surface area (Å²) in [5.41, 5.74) is 4.94. The summed E-state index contributed by atoms with van der Waals surface area (Å²) in [5.74, 6) is -0.722. The van der Waals surface area contributed by atoms with Gasteiger partial charge in [-0.05, 0) is 25.7 Å². The number of carbonyl (C=O) groups excluding carboxylic acids is 2. The zero-order valence-corrected chi connectivity index (χ0v) is 9.96. The normalized spacial score (nSPS) is 23.1. The molecule has 0 heterocycles. The third-order valence-corrected chi connectivity index (χ3v) is 2.87. The van der Waals surface area contributed by atoms with E-state index in [1.165, 1.54) is 0 Å². The van der Waals surface area contributed by atoms with Gasteiger partial charge >= 0.3 is 0 Å². The lowest BCUT2D eigenvalue weighted by Gasteiger charge is -2.27. The Morgan fingerprint density at radius 2 is 1.89 bits per heavy atom. The molecule has 0 aromatic heterocycles. The second kappa shape index (κ2) is 6.77. The van der Waals surface area contributed by atoms with Crippen molar-refractivity contribution in [3.05, 3.63) is 10.1 Å². The fourth-order valence-electron chi connectivity index (χ4n) is 1.97. The molecule has 1 fully saturated rings. The second-order valence-corrected chi connectivity index (χ2v) is 4.34. The van der Waals surface area contributed by atoms with Gasteiger partial charge in [0.25, 0.3) is 5.09 Å². The molecule has 2 amide bonds. The first-order chi connectivity index (χ1) is 8.47. The summed E-state index contributed by atoms with van der Waals surface area (Å²) in [5, 5.41) is 12.1. The molecule has 1 rings (SSSR count). The number of amides is 2. The van der Waals surface area contributed by atoms with Crippen molar-refractivity contribution in [2.45, 2.75) is 50.7 Å². The highest BCUT2D eigenvalue weighted by Gasteiger charge is 2.24. The van der Waals surface area contributed by atoms with Crippen molar-refractivity contribution < 1.29 is 19.5 Å². The van der Waals surface area contributed by atoms with Crippen molar-refractivity contribution in [3.63, 3.8) is 0 Å². The van der Waals surface area contributed by atoms with E-state index >= 15 is 0 Å². The zero-order valence-electron chi connectivity index (χ0n) is 9.96. The van der Waals surface area contributed by atoms with Gasteiger partial charge in [-0.3, -0.25) is 9.59 Å². The molecule has 0 unspecified atom stereocenters. The number of hydrogen-bond acceptors (Lipinski definition) is 5. The van der Waals surface area contributed by atoms with Gasteiger partial charge in [0.1, 0.15) is 6.10 Å². The second-order valence-electron chi connectivity index (χ2n) is 4.34. The Morgan fingerprint density at radius 1 is 1.28 bits per heavy atom. The number of nitrogens with one attached hydrogen (secondary N) is 1. The van der Waals surface area contributed by atoms with E-state index in [2.05, 4.69) is 10.2 Å². The summed E-state index contributed by atoms with van der Waals surface area (Å²) in [6.45, 7) is 0. The van der Waals surface area contributed by atoms with Crippen LogP contribution >= 0.6 is 0 Å². The molecule has 0 bridgehead atoms. The van der Waals surface area contributed by atoms with E-state index < -0.39 is 11.0 Å². The number of nitrogens with zero attached hydrogens (tertiary/aromatic N) is 1. The van der Waals surface area contributed by atoms with E-state index in [0.717, 1.165) is 0 Å². The first-order valence-electron chi connectivity index (χ1n) is 5.86. The van der Waals surface area contributed by atoms with Gasteiger partial charge in [-0.1, -0.05) is 0 Å². The molecule has 0 spiro atoms. The lowest BCUT2D eigenvalue weighted by Crippen LogP contribution is -2.39. The van der Waals surface area contributed by atoms with Crippen molar-refractivity contribution in [2.75, 3.05) is 0 Å². The molecule has 1 aliphatic carbocycles. The maximum Gasteiger partial charge on any atom is 0.294 e. The molecule has 1 aliphatic rings. The lowest BCUT2D eigenvalue weighted by atomic mass is 9.93. The molecular formula is C10H17N3O5. The Labute approximate surface area is 104 Å². The third kappa shape index (κ3) is 5.46. The van der Waals surface area contributed by atoms with Gasteiger partial charge in [0, 0.05) is 18.9 Å². The Morgan fingerprint density at radius 3 is 2.39 bits per heavy atom. The predicted molar refractivity (Wildman–Crippen MR) is 60.7 cm³/mol. The maximum atomic E-state index is 11.4. The molecule has 8 heteroatoms. The first-order valence-corrected chi connectivity index (χ1v) is 5.86. The van der Waals surface area contributed by atoms with Crippen LogP contribution in [-0.2, 0) is 14.4 Å². The van der Waals surface area contributed by atoms with E-state index in [4.69, 9.17) is 5.73 Å². The molecule has 18 heavy (non-hydrogen) atoms. The molecule has 3 N–H and O–H groups in total. The lowest BCUT2D eigenvalue weighted by molar-refractivity contribution is -0.769. The summed E-state index contributed by atoms with van der Waals surface area (Å²) >= 11 is 0. The van der Waals surface area contributed by atoms with E-state index in [1.807, 2.05) is 0 Å². The van der Waals surface area contributed by atoms with Gasteiger partial charge in [-0.2, -0.15) is 0 Å². The van der Waals surface area contributed by atoms with Gasteiger partial charge in [-0.15, -0.1) is 10.1 Å². The van der Waals surface area contributed by atoms with Crippen LogP contribution < -0.4 is 11.1 Å². The number of rotatable bonds is 6. The minimum atomic E-state index is -0.781. The topological polar surface area (TPSA) is 125 Å². The summed E-state index contributed by atoms with van der Waals surface area (Å²) in [4.78, 5) is 36.5. The van der Waals surface area contributed by atoms with Crippen LogP contribution in [0.1, 0.15) is 38.5 Å². The fraction of sp³-hybridized carbons (Fsp3) is 0.800. The SMILES string of the molecule is NC(=O)CCC(=O)NC1CCC(O[N+](=O)[O-])CC1. The summed E-state index contributed by atoms with van der Waals surface area (Å²) < 4.78 is 0. The van der Waals surface area contributed by atoms with Gasteiger partial charge in [0.15, 0.2) is 0 Å². The molecule has 0 aliphatic heterocycles. The van der Waals surface area contributed by atoms with Crippen LogP contribution in [0.4, 0.5) is 0 Å². The Hall–Kier alpha value is -1.86. The van der Waals surface area contributed by atoms with Crippen LogP contribution in [0.25, 0.3) is 0 Å². The maximum absolute atomic E-state index is 11.4. The van der Waals surface area contributed by atoms with Gasteiger partial charge in [-0.25, -0.2) is 0 Å². The highest BCUT2D eigenvalue weighted by Crippen LogP contribution is 2.21. The fourth-order valence-corrected chi connectivity index (χ4v) is 1.97. The van der Waals surface area contributed by atoms with Gasteiger partial charge in [0.05, 0.1) is 0 Å². The Balaban J connectivity index is 2.20. The molecule has 1 saturated carbocycles. The van der Waals surface area contributed by atoms with Crippen molar-refractivity contribution >= 4 is 11.8 Å². The highest BCUT2D eigenvalue weighted by atomic mass is 17.0. The van der Waals surface area contributed by atoms with E-state index in [9.17, 15) is 19.7 Å². The minimum absolute atomic E-state index is 0.00280. The summed E-state index contributed by atoms with van der Waals surface area (Å²) in [6.07, 6.45) is 2.11.